The van der Waals surface area contributed by atoms with Crippen LogP contribution >= 0.6 is 12.4 Å². The molecule has 2 saturated heterocycles. The van der Waals surface area contributed by atoms with Gasteiger partial charge in [0.15, 0.2) is 0 Å². The van der Waals surface area contributed by atoms with Crippen LogP contribution in [0.2, 0.25) is 0 Å². The minimum absolute atomic E-state index is 0. The highest BCUT2D eigenvalue weighted by atomic mass is 35.5. The molecule has 5 nitrogen and oxygen atoms in total. The Labute approximate surface area is 149 Å². The van der Waals surface area contributed by atoms with E-state index < -0.39 is 0 Å². The second-order valence-corrected chi connectivity index (χ2v) is 6.62. The van der Waals surface area contributed by atoms with E-state index >= 15 is 0 Å². The Morgan fingerprint density at radius 1 is 1.46 bits per heavy atom. The number of likely N-dealkylation sites (tertiary alicyclic amines) is 1. The predicted octanol–water partition coefficient (Wildman–Crippen LogP) is 2.48. The van der Waals surface area contributed by atoms with Crippen molar-refractivity contribution in [3.8, 4) is 5.75 Å². The number of carbonyl (C=O) groups excluding carboxylic acids is 1. The van der Waals surface area contributed by atoms with Crippen molar-refractivity contribution in [3.05, 3.63) is 29.8 Å². The highest BCUT2D eigenvalue weighted by Gasteiger charge is 2.32. The topological polar surface area (TPSA) is 64.8 Å². The van der Waals surface area contributed by atoms with Crippen molar-refractivity contribution >= 4 is 18.3 Å². The number of amides is 1. The standard InChI is InChI=1S/C18H26N2O3.ClH/c1-13-8-14(10-19)11-20(13)18(21)15-4-2-5-16(9-15)23-12-17-6-3-7-22-17;/h2,4-5,9,13-14,17H,3,6-8,10-12,19H2,1H3;1H. The molecule has 2 heterocycles. The summed E-state index contributed by atoms with van der Waals surface area (Å²) < 4.78 is 11.4. The normalized spacial score (nSPS) is 26.2. The fourth-order valence-corrected chi connectivity index (χ4v) is 3.45. The highest BCUT2D eigenvalue weighted by molar-refractivity contribution is 5.95. The zero-order valence-electron chi connectivity index (χ0n) is 14.1. The molecule has 1 aromatic rings. The second kappa shape index (κ2) is 8.70. The zero-order valence-corrected chi connectivity index (χ0v) is 15.0. The van der Waals surface area contributed by atoms with Crippen LogP contribution in [0.3, 0.4) is 0 Å². The van der Waals surface area contributed by atoms with Crippen LogP contribution < -0.4 is 10.5 Å². The molecule has 3 atom stereocenters. The molecular weight excluding hydrogens is 328 g/mol. The van der Waals surface area contributed by atoms with E-state index in [0.717, 1.165) is 38.2 Å². The molecule has 0 aromatic heterocycles. The van der Waals surface area contributed by atoms with Gasteiger partial charge >= 0.3 is 0 Å². The van der Waals surface area contributed by atoms with Gasteiger partial charge in [-0.15, -0.1) is 12.4 Å². The van der Waals surface area contributed by atoms with Gasteiger partial charge in [-0.1, -0.05) is 6.07 Å². The monoisotopic (exact) mass is 354 g/mol. The third-order valence-electron chi connectivity index (χ3n) is 4.80. The van der Waals surface area contributed by atoms with Crippen LogP contribution in [0, 0.1) is 5.92 Å². The Kier molecular flexibility index (Phi) is 6.90. The molecule has 0 spiro atoms. The predicted molar refractivity (Wildman–Crippen MR) is 95.8 cm³/mol. The molecule has 0 radical (unpaired) electrons. The molecule has 3 rings (SSSR count). The first kappa shape index (κ1) is 19.0. The Balaban J connectivity index is 0.00000208. The van der Waals surface area contributed by atoms with Crippen molar-refractivity contribution < 1.29 is 14.3 Å². The Morgan fingerprint density at radius 2 is 2.29 bits per heavy atom. The SMILES string of the molecule is CC1CC(CN)CN1C(=O)c1cccc(OCC2CCCO2)c1.Cl. The van der Waals surface area contributed by atoms with Crippen LogP contribution in [0.15, 0.2) is 24.3 Å². The molecule has 0 bridgehead atoms. The fraction of sp³-hybridized carbons (Fsp3) is 0.611. The van der Waals surface area contributed by atoms with Crippen molar-refractivity contribution in [2.24, 2.45) is 11.7 Å². The van der Waals surface area contributed by atoms with Crippen molar-refractivity contribution in [1.82, 2.24) is 4.90 Å². The molecule has 1 aromatic carbocycles. The van der Waals surface area contributed by atoms with Crippen LogP contribution in [-0.4, -0.2) is 49.3 Å². The van der Waals surface area contributed by atoms with Crippen molar-refractivity contribution in [1.29, 1.82) is 0 Å². The zero-order chi connectivity index (χ0) is 16.2. The van der Waals surface area contributed by atoms with E-state index in [4.69, 9.17) is 15.2 Å². The Bertz CT molecular complexity index is 549. The molecule has 0 saturated carbocycles. The molecular formula is C18H27ClN2O3. The van der Waals surface area contributed by atoms with E-state index in [2.05, 4.69) is 6.92 Å². The van der Waals surface area contributed by atoms with Gasteiger partial charge in [0, 0.05) is 24.8 Å². The summed E-state index contributed by atoms with van der Waals surface area (Å²) in [7, 11) is 0. The average Bonchev–Trinajstić information content (AvgIpc) is 3.22. The molecule has 2 fully saturated rings. The van der Waals surface area contributed by atoms with Crippen LogP contribution in [0.4, 0.5) is 0 Å². The lowest BCUT2D eigenvalue weighted by Gasteiger charge is -2.22. The van der Waals surface area contributed by atoms with Crippen LogP contribution in [-0.2, 0) is 4.74 Å². The van der Waals surface area contributed by atoms with Gasteiger partial charge < -0.3 is 20.1 Å². The maximum Gasteiger partial charge on any atom is 0.254 e. The summed E-state index contributed by atoms with van der Waals surface area (Å²) in [6.07, 6.45) is 3.31. The third-order valence-corrected chi connectivity index (χ3v) is 4.80. The van der Waals surface area contributed by atoms with Gasteiger partial charge in [0.25, 0.3) is 5.91 Å². The van der Waals surface area contributed by atoms with E-state index in [1.807, 2.05) is 29.2 Å². The lowest BCUT2D eigenvalue weighted by atomic mass is 10.1. The molecule has 2 aliphatic rings. The summed E-state index contributed by atoms with van der Waals surface area (Å²) in [6, 6.07) is 7.69. The highest BCUT2D eigenvalue weighted by Crippen LogP contribution is 2.25. The largest absolute Gasteiger partial charge is 0.491 e. The second-order valence-electron chi connectivity index (χ2n) is 6.62. The van der Waals surface area contributed by atoms with Gasteiger partial charge in [-0.2, -0.15) is 0 Å². The molecule has 6 heteroatoms. The molecule has 2 N–H and O–H groups in total. The molecule has 3 unspecified atom stereocenters. The Morgan fingerprint density at radius 3 is 2.96 bits per heavy atom. The van der Waals surface area contributed by atoms with E-state index in [9.17, 15) is 4.79 Å². The molecule has 2 aliphatic heterocycles. The number of halogens is 1. The van der Waals surface area contributed by atoms with Crippen LogP contribution in [0.5, 0.6) is 5.75 Å². The first-order valence-corrected chi connectivity index (χ1v) is 8.53. The first-order valence-electron chi connectivity index (χ1n) is 8.53. The quantitative estimate of drug-likeness (QED) is 0.882. The summed E-state index contributed by atoms with van der Waals surface area (Å²) in [5.74, 6) is 1.21. The smallest absolute Gasteiger partial charge is 0.254 e. The number of benzene rings is 1. The molecule has 24 heavy (non-hydrogen) atoms. The van der Waals surface area contributed by atoms with E-state index in [-0.39, 0.29) is 30.5 Å². The lowest BCUT2D eigenvalue weighted by Crippen LogP contribution is -2.34. The summed E-state index contributed by atoms with van der Waals surface area (Å²) in [5.41, 5.74) is 6.43. The molecule has 0 aliphatic carbocycles. The summed E-state index contributed by atoms with van der Waals surface area (Å²) in [4.78, 5) is 14.7. The van der Waals surface area contributed by atoms with Crippen molar-refractivity contribution in [3.63, 3.8) is 0 Å². The van der Waals surface area contributed by atoms with E-state index in [0.29, 0.717) is 24.6 Å². The maximum atomic E-state index is 12.7. The number of nitrogens with two attached hydrogens (primary N) is 1. The number of rotatable bonds is 5. The Hall–Kier alpha value is -1.30. The third kappa shape index (κ3) is 4.41. The number of ether oxygens (including phenoxy) is 2. The van der Waals surface area contributed by atoms with Gasteiger partial charge in [0.1, 0.15) is 12.4 Å². The number of carbonyl (C=O) groups is 1. The molecule has 134 valence electrons. The van der Waals surface area contributed by atoms with Gasteiger partial charge in [-0.25, -0.2) is 0 Å². The summed E-state index contributed by atoms with van der Waals surface area (Å²) >= 11 is 0. The minimum atomic E-state index is 0. The van der Waals surface area contributed by atoms with Crippen molar-refractivity contribution in [2.45, 2.75) is 38.3 Å². The van der Waals surface area contributed by atoms with Gasteiger partial charge in [-0.3, -0.25) is 4.79 Å². The number of nitrogens with zero attached hydrogens (tertiary/aromatic N) is 1. The fourth-order valence-electron chi connectivity index (χ4n) is 3.45. The lowest BCUT2D eigenvalue weighted by molar-refractivity contribution is 0.0677. The first-order chi connectivity index (χ1) is 11.2. The number of hydrogen-bond donors (Lipinski definition) is 1. The number of hydrogen-bond acceptors (Lipinski definition) is 4. The maximum absolute atomic E-state index is 12.7. The van der Waals surface area contributed by atoms with Crippen LogP contribution in [0.25, 0.3) is 0 Å². The van der Waals surface area contributed by atoms with Gasteiger partial charge in [-0.05, 0) is 56.8 Å². The van der Waals surface area contributed by atoms with Crippen LogP contribution in [0.1, 0.15) is 36.5 Å². The van der Waals surface area contributed by atoms with Gasteiger partial charge in [0.05, 0.1) is 6.10 Å². The molecule has 1 amide bonds. The van der Waals surface area contributed by atoms with Gasteiger partial charge in [0.2, 0.25) is 0 Å². The van der Waals surface area contributed by atoms with Crippen molar-refractivity contribution in [2.75, 3.05) is 26.3 Å². The minimum Gasteiger partial charge on any atom is -0.491 e. The van der Waals surface area contributed by atoms with E-state index in [1.165, 1.54) is 0 Å². The average molecular weight is 355 g/mol. The summed E-state index contributed by atoms with van der Waals surface area (Å²) in [5, 5.41) is 0. The summed E-state index contributed by atoms with van der Waals surface area (Å²) in [6.45, 7) is 4.84. The van der Waals surface area contributed by atoms with E-state index in [1.54, 1.807) is 0 Å².